The topological polar surface area (TPSA) is 12.0 Å². The van der Waals surface area contributed by atoms with Crippen LogP contribution in [0.2, 0.25) is 0 Å². The SMILES string of the molecule is CNC(CSC1CCCC1)Cc1sccc1Br. The molecule has 1 aliphatic rings. The monoisotopic (exact) mass is 333 g/mol. The molecule has 0 amide bonds. The predicted octanol–water partition coefficient (Wildman–Crippen LogP) is 4.32. The first-order chi connectivity index (χ1) is 8.29. The van der Waals surface area contributed by atoms with E-state index in [-0.39, 0.29) is 0 Å². The predicted molar refractivity (Wildman–Crippen MR) is 83.3 cm³/mol. The summed E-state index contributed by atoms with van der Waals surface area (Å²) in [6.07, 6.45) is 6.90. The van der Waals surface area contributed by atoms with Crippen LogP contribution in [0.4, 0.5) is 0 Å². The molecular formula is C13H20BrNS2. The summed E-state index contributed by atoms with van der Waals surface area (Å²) in [7, 11) is 2.08. The number of nitrogens with one attached hydrogen (secondary N) is 1. The van der Waals surface area contributed by atoms with Crippen molar-refractivity contribution in [2.24, 2.45) is 0 Å². The molecule has 2 rings (SSSR count). The van der Waals surface area contributed by atoms with Gasteiger partial charge in [0.2, 0.25) is 0 Å². The van der Waals surface area contributed by atoms with Gasteiger partial charge in [0, 0.05) is 26.4 Å². The van der Waals surface area contributed by atoms with Gasteiger partial charge in [-0.1, -0.05) is 12.8 Å². The van der Waals surface area contributed by atoms with Gasteiger partial charge in [0.05, 0.1) is 0 Å². The first-order valence-electron chi connectivity index (χ1n) is 6.30. The third kappa shape index (κ3) is 4.27. The third-order valence-electron chi connectivity index (χ3n) is 3.37. The van der Waals surface area contributed by atoms with Crippen molar-refractivity contribution in [1.82, 2.24) is 5.32 Å². The van der Waals surface area contributed by atoms with Gasteiger partial charge in [-0.2, -0.15) is 11.8 Å². The van der Waals surface area contributed by atoms with Gasteiger partial charge in [-0.3, -0.25) is 0 Å². The molecule has 1 fully saturated rings. The molecule has 1 heterocycles. The quantitative estimate of drug-likeness (QED) is 0.832. The number of hydrogen-bond acceptors (Lipinski definition) is 3. The Kier molecular flexibility index (Phi) is 5.87. The molecule has 96 valence electrons. The van der Waals surface area contributed by atoms with Crippen molar-refractivity contribution >= 4 is 39.0 Å². The molecule has 1 nitrogen and oxygen atoms in total. The molecule has 0 aromatic carbocycles. The van der Waals surface area contributed by atoms with Crippen molar-refractivity contribution in [3.8, 4) is 0 Å². The minimum atomic E-state index is 0.607. The Morgan fingerprint density at radius 3 is 2.88 bits per heavy atom. The van der Waals surface area contributed by atoms with E-state index >= 15 is 0 Å². The molecule has 1 atom stereocenters. The van der Waals surface area contributed by atoms with Crippen LogP contribution in [0.15, 0.2) is 15.9 Å². The van der Waals surface area contributed by atoms with E-state index < -0.39 is 0 Å². The standard InChI is InChI=1S/C13H20BrNS2/c1-15-10(8-13-12(14)6-7-16-13)9-17-11-4-2-3-5-11/h6-7,10-11,15H,2-5,8-9H2,1H3. The molecule has 1 saturated carbocycles. The van der Waals surface area contributed by atoms with E-state index in [2.05, 4.69) is 51.5 Å². The van der Waals surface area contributed by atoms with Crippen LogP contribution < -0.4 is 5.32 Å². The summed E-state index contributed by atoms with van der Waals surface area (Å²) in [6, 6.07) is 2.76. The number of hydrogen-bond donors (Lipinski definition) is 1. The fourth-order valence-corrected chi connectivity index (χ4v) is 5.30. The zero-order valence-corrected chi connectivity index (χ0v) is 13.5. The Morgan fingerprint density at radius 1 is 1.53 bits per heavy atom. The Morgan fingerprint density at radius 2 is 2.29 bits per heavy atom. The second-order valence-corrected chi connectivity index (χ2v) is 7.81. The van der Waals surface area contributed by atoms with Crippen molar-refractivity contribution in [2.75, 3.05) is 12.8 Å². The molecule has 1 unspecified atom stereocenters. The molecule has 1 N–H and O–H groups in total. The van der Waals surface area contributed by atoms with Gasteiger partial charge in [-0.05, 0) is 53.7 Å². The van der Waals surface area contributed by atoms with Crippen LogP contribution in [-0.4, -0.2) is 24.1 Å². The van der Waals surface area contributed by atoms with Gasteiger partial charge in [0.15, 0.2) is 0 Å². The van der Waals surface area contributed by atoms with E-state index in [0.717, 1.165) is 11.7 Å². The summed E-state index contributed by atoms with van der Waals surface area (Å²) in [4.78, 5) is 1.47. The van der Waals surface area contributed by atoms with Crippen molar-refractivity contribution < 1.29 is 0 Å². The van der Waals surface area contributed by atoms with Crippen LogP contribution in [-0.2, 0) is 6.42 Å². The average molecular weight is 334 g/mol. The zero-order valence-electron chi connectivity index (χ0n) is 10.2. The number of rotatable bonds is 6. The van der Waals surface area contributed by atoms with E-state index in [1.54, 1.807) is 0 Å². The van der Waals surface area contributed by atoms with Crippen molar-refractivity contribution in [2.45, 2.75) is 43.4 Å². The average Bonchev–Trinajstić information content (AvgIpc) is 2.96. The molecule has 0 bridgehead atoms. The maximum absolute atomic E-state index is 3.62. The van der Waals surface area contributed by atoms with Crippen LogP contribution >= 0.6 is 39.0 Å². The minimum absolute atomic E-state index is 0.607. The van der Waals surface area contributed by atoms with Crippen molar-refractivity contribution in [3.63, 3.8) is 0 Å². The molecular weight excluding hydrogens is 314 g/mol. The number of likely N-dealkylation sites (N-methyl/N-ethyl adjacent to an activating group) is 1. The third-order valence-corrected chi connectivity index (χ3v) is 6.85. The highest BCUT2D eigenvalue weighted by Gasteiger charge is 2.18. The van der Waals surface area contributed by atoms with Crippen LogP contribution in [0.25, 0.3) is 0 Å². The van der Waals surface area contributed by atoms with Gasteiger partial charge in [0.1, 0.15) is 0 Å². The number of halogens is 1. The lowest BCUT2D eigenvalue weighted by Gasteiger charge is -2.17. The van der Waals surface area contributed by atoms with Gasteiger partial charge in [-0.15, -0.1) is 11.3 Å². The van der Waals surface area contributed by atoms with Gasteiger partial charge >= 0.3 is 0 Å². The van der Waals surface area contributed by atoms with E-state index in [0.29, 0.717) is 6.04 Å². The van der Waals surface area contributed by atoms with E-state index in [1.807, 2.05) is 11.3 Å². The largest absolute Gasteiger partial charge is 0.316 e. The Bertz CT molecular complexity index is 334. The molecule has 0 radical (unpaired) electrons. The first kappa shape index (κ1) is 13.9. The molecule has 1 aromatic heterocycles. The van der Waals surface area contributed by atoms with E-state index in [4.69, 9.17) is 0 Å². The second kappa shape index (κ2) is 7.17. The maximum atomic E-state index is 3.62. The van der Waals surface area contributed by atoms with Crippen molar-refractivity contribution in [3.05, 3.63) is 20.8 Å². The van der Waals surface area contributed by atoms with Crippen LogP contribution in [0, 0.1) is 0 Å². The van der Waals surface area contributed by atoms with E-state index in [9.17, 15) is 0 Å². The number of thioether (sulfide) groups is 1. The lowest BCUT2D eigenvalue weighted by atomic mass is 10.2. The van der Waals surface area contributed by atoms with Crippen molar-refractivity contribution in [1.29, 1.82) is 0 Å². The van der Waals surface area contributed by atoms with Crippen LogP contribution in [0.1, 0.15) is 30.6 Å². The normalized spacial score (nSPS) is 18.7. The zero-order chi connectivity index (χ0) is 12.1. The molecule has 17 heavy (non-hydrogen) atoms. The summed E-state index contributed by atoms with van der Waals surface area (Å²) in [5, 5.41) is 6.55. The maximum Gasteiger partial charge on any atom is 0.0314 e. The fourth-order valence-electron chi connectivity index (χ4n) is 2.25. The lowest BCUT2D eigenvalue weighted by Crippen LogP contribution is -2.30. The van der Waals surface area contributed by atoms with E-state index in [1.165, 1.54) is 40.8 Å². The van der Waals surface area contributed by atoms with Gasteiger partial charge in [-0.25, -0.2) is 0 Å². The first-order valence-corrected chi connectivity index (χ1v) is 9.02. The summed E-state index contributed by atoms with van der Waals surface area (Å²) in [5.41, 5.74) is 0. The lowest BCUT2D eigenvalue weighted by molar-refractivity contribution is 0.619. The highest BCUT2D eigenvalue weighted by Crippen LogP contribution is 2.31. The Hall–Kier alpha value is 0.490. The summed E-state index contributed by atoms with van der Waals surface area (Å²) < 4.78 is 1.27. The molecule has 1 aromatic rings. The Labute approximate surface area is 121 Å². The summed E-state index contributed by atoms with van der Waals surface area (Å²) >= 11 is 7.64. The molecule has 0 saturated heterocycles. The Balaban J connectivity index is 1.78. The van der Waals surface area contributed by atoms with Crippen LogP contribution in [0.3, 0.4) is 0 Å². The van der Waals surface area contributed by atoms with Gasteiger partial charge < -0.3 is 5.32 Å². The molecule has 4 heteroatoms. The molecule has 1 aliphatic carbocycles. The van der Waals surface area contributed by atoms with Crippen LogP contribution in [0.5, 0.6) is 0 Å². The van der Waals surface area contributed by atoms with Gasteiger partial charge in [0.25, 0.3) is 0 Å². The second-order valence-electron chi connectivity index (χ2n) is 4.62. The highest BCUT2D eigenvalue weighted by atomic mass is 79.9. The summed E-state index contributed by atoms with van der Waals surface area (Å²) in [5.74, 6) is 1.24. The molecule has 0 aliphatic heterocycles. The highest BCUT2D eigenvalue weighted by molar-refractivity contribution is 9.10. The molecule has 0 spiro atoms. The smallest absolute Gasteiger partial charge is 0.0314 e. The minimum Gasteiger partial charge on any atom is -0.316 e. The summed E-state index contributed by atoms with van der Waals surface area (Å²) in [6.45, 7) is 0. The fraction of sp³-hybridized carbons (Fsp3) is 0.692. The number of thiophene rings is 1.